The van der Waals surface area contributed by atoms with E-state index in [0.29, 0.717) is 23.7 Å². The Labute approximate surface area is 259 Å². The number of hydrogen-bond acceptors (Lipinski definition) is 7. The molecule has 0 saturated heterocycles. The summed E-state index contributed by atoms with van der Waals surface area (Å²) < 4.78 is 5.85. The summed E-state index contributed by atoms with van der Waals surface area (Å²) in [5.74, 6) is 0.753. The molecule has 0 aliphatic heterocycles. The van der Waals surface area contributed by atoms with Crippen LogP contribution in [0.25, 0.3) is 0 Å². The Morgan fingerprint density at radius 2 is 1.60 bits per heavy atom. The van der Waals surface area contributed by atoms with E-state index in [1.54, 1.807) is 11.1 Å². The second-order valence-electron chi connectivity index (χ2n) is 16.2. The number of allylic oxidation sites excluding steroid dienone is 4. The number of carbonyl (C=O) groups excluding carboxylic acids is 1. The molecule has 4 rings (SSSR count). The molecule has 0 spiro atoms. The first-order chi connectivity index (χ1) is 20.0. The van der Waals surface area contributed by atoms with E-state index >= 15 is 0 Å². The Hall–Kier alpha value is -1.25. The summed E-state index contributed by atoms with van der Waals surface area (Å²) in [6, 6.07) is 0. The summed E-state index contributed by atoms with van der Waals surface area (Å²) in [7, 11) is 0. The van der Waals surface area contributed by atoms with Gasteiger partial charge in [-0.2, -0.15) is 0 Å². The van der Waals surface area contributed by atoms with Gasteiger partial charge in [-0.15, -0.1) is 0 Å². The van der Waals surface area contributed by atoms with Crippen LogP contribution in [0, 0.1) is 39.4 Å². The van der Waals surface area contributed by atoms with Crippen LogP contribution in [0.1, 0.15) is 120 Å². The van der Waals surface area contributed by atoms with Crippen molar-refractivity contribution in [3.8, 4) is 0 Å². The van der Waals surface area contributed by atoms with Crippen molar-refractivity contribution in [1.29, 1.82) is 0 Å². The van der Waals surface area contributed by atoms with Gasteiger partial charge < -0.3 is 30.3 Å². The number of esters is 1. The van der Waals surface area contributed by atoms with Crippen molar-refractivity contribution in [2.75, 3.05) is 6.61 Å². The fourth-order valence-electron chi connectivity index (χ4n) is 10.5. The topological polar surface area (TPSA) is 127 Å². The van der Waals surface area contributed by atoms with E-state index in [2.05, 4.69) is 61.5 Å². The van der Waals surface area contributed by atoms with Crippen LogP contribution in [0.5, 0.6) is 0 Å². The molecule has 43 heavy (non-hydrogen) atoms. The van der Waals surface area contributed by atoms with Crippen LogP contribution < -0.4 is 0 Å². The Morgan fingerprint density at radius 1 is 0.930 bits per heavy atom. The second-order valence-corrected chi connectivity index (χ2v) is 16.2. The molecule has 2 saturated carbocycles. The average Bonchev–Trinajstić information content (AvgIpc) is 3.23. The zero-order chi connectivity index (χ0) is 32.1. The van der Waals surface area contributed by atoms with E-state index in [9.17, 15) is 25.2 Å². The molecule has 0 aromatic heterocycles. The molecule has 4 aliphatic rings. The van der Waals surface area contributed by atoms with Crippen LogP contribution in [0.2, 0.25) is 0 Å². The van der Waals surface area contributed by atoms with Gasteiger partial charge in [0.05, 0.1) is 6.61 Å². The highest BCUT2D eigenvalue weighted by atomic mass is 16.6. The minimum absolute atomic E-state index is 0.0248. The van der Waals surface area contributed by atoms with Crippen LogP contribution in [-0.4, -0.2) is 68.6 Å². The number of carbonyl (C=O) groups is 1. The van der Waals surface area contributed by atoms with E-state index in [4.69, 9.17) is 9.84 Å². The average molecular weight is 605 g/mol. The molecular formula is C36H60O7. The Bertz CT molecular complexity index is 1090. The van der Waals surface area contributed by atoms with Gasteiger partial charge in [-0.3, -0.25) is 0 Å². The highest BCUT2D eigenvalue weighted by Gasteiger charge is 2.63. The molecule has 246 valence electrons. The molecule has 4 aliphatic carbocycles. The minimum atomic E-state index is -2.02. The quantitative estimate of drug-likeness (QED) is 0.165. The zero-order valence-corrected chi connectivity index (χ0v) is 28.0. The number of ether oxygens (including phenoxy) is 1. The first kappa shape index (κ1) is 34.6. The molecule has 2 fully saturated rings. The normalized spacial score (nSPS) is 38.6. The molecule has 5 N–H and O–H groups in total. The number of fused-ring (bicyclic) bond motifs is 4. The lowest BCUT2D eigenvalue weighted by atomic mass is 9.43. The van der Waals surface area contributed by atoms with Gasteiger partial charge in [0.2, 0.25) is 0 Å². The van der Waals surface area contributed by atoms with Crippen LogP contribution in [-0.2, 0) is 9.53 Å². The zero-order valence-electron chi connectivity index (χ0n) is 28.0. The molecule has 0 heterocycles. The molecule has 0 aromatic carbocycles. The maximum Gasteiger partial charge on any atom is 0.338 e. The van der Waals surface area contributed by atoms with Crippen molar-refractivity contribution in [3.05, 3.63) is 22.8 Å². The maximum atomic E-state index is 12.9. The summed E-state index contributed by atoms with van der Waals surface area (Å²) >= 11 is 0. The van der Waals surface area contributed by atoms with Crippen LogP contribution in [0.15, 0.2) is 22.8 Å². The van der Waals surface area contributed by atoms with Gasteiger partial charge in [0.15, 0.2) is 6.10 Å². The van der Waals surface area contributed by atoms with E-state index < -0.39 is 43.1 Å². The van der Waals surface area contributed by atoms with Crippen LogP contribution in [0.3, 0.4) is 0 Å². The predicted molar refractivity (Wildman–Crippen MR) is 168 cm³/mol. The molecule has 0 radical (unpaired) electrons. The number of aliphatic hydroxyl groups excluding tert-OH is 5. The van der Waals surface area contributed by atoms with Crippen molar-refractivity contribution >= 4 is 5.97 Å². The van der Waals surface area contributed by atoms with Gasteiger partial charge in [-0.05, 0) is 112 Å². The Kier molecular flexibility index (Phi) is 10.1. The van der Waals surface area contributed by atoms with E-state index in [1.165, 1.54) is 37.7 Å². The third-order valence-corrected chi connectivity index (χ3v) is 13.4. The van der Waals surface area contributed by atoms with E-state index in [-0.39, 0.29) is 16.2 Å². The maximum absolute atomic E-state index is 12.9. The lowest BCUT2D eigenvalue weighted by molar-refractivity contribution is -0.190. The first-order valence-corrected chi connectivity index (χ1v) is 16.9. The monoisotopic (exact) mass is 604 g/mol. The Balaban J connectivity index is 1.53. The van der Waals surface area contributed by atoms with Gasteiger partial charge in [-0.25, -0.2) is 4.79 Å². The molecular weight excluding hydrogens is 544 g/mol. The van der Waals surface area contributed by atoms with Gasteiger partial charge in [0, 0.05) is 5.41 Å². The molecule has 0 bridgehead atoms. The largest absolute Gasteiger partial charge is 0.460 e. The summed E-state index contributed by atoms with van der Waals surface area (Å²) in [4.78, 5) is 12.9. The van der Waals surface area contributed by atoms with Crippen LogP contribution in [0.4, 0.5) is 0 Å². The molecule has 11 atom stereocenters. The summed E-state index contributed by atoms with van der Waals surface area (Å²) in [6.07, 6.45) is 5.48. The Morgan fingerprint density at radius 3 is 2.23 bits per heavy atom. The highest BCUT2D eigenvalue weighted by Crippen LogP contribution is 2.72. The van der Waals surface area contributed by atoms with Gasteiger partial charge in [0.25, 0.3) is 0 Å². The fourth-order valence-corrected chi connectivity index (χ4v) is 10.5. The SMILES string of the molecule is CC(C)=CCC[C@@H](C)[C@H]1CC[C@@]2(C)C3=C(CC[C@]12C)[C@@]1(C)CC[C@H](OC(=O)[C@H](O)[C@@H](O)[C@H](O)[C@H](O)CO)C(C)(C)[C@@H]1CC3. The van der Waals surface area contributed by atoms with Crippen LogP contribution >= 0.6 is 0 Å². The minimum Gasteiger partial charge on any atom is -0.460 e. The van der Waals surface area contributed by atoms with Crippen molar-refractivity contribution in [2.24, 2.45) is 39.4 Å². The van der Waals surface area contributed by atoms with Crippen molar-refractivity contribution < 1.29 is 35.1 Å². The smallest absolute Gasteiger partial charge is 0.338 e. The highest BCUT2D eigenvalue weighted by molar-refractivity contribution is 5.75. The third kappa shape index (κ3) is 5.80. The standard InChI is InChI=1S/C36H60O7/c1-21(2)10-9-11-22(3)23-14-18-36(8)25-12-13-27-33(4,5)28(16-17-34(27,6)24(25)15-19-35(23,36)7)43-32(42)31(41)30(40)29(39)26(38)20-37/h10,22-23,26-31,37-41H,9,11-20H2,1-8H3/t22-,23-,26-,27+,28+,29-,30+,31-,34-,35-,36+/m1/s1. The fraction of sp³-hybridized carbons (Fsp3) is 0.861. The number of aliphatic hydroxyl groups is 5. The second kappa shape index (κ2) is 12.5. The lowest BCUT2D eigenvalue weighted by Crippen LogP contribution is -2.57. The molecule has 7 nitrogen and oxygen atoms in total. The first-order valence-electron chi connectivity index (χ1n) is 16.9. The predicted octanol–water partition coefficient (Wildman–Crippen LogP) is 5.47. The van der Waals surface area contributed by atoms with Gasteiger partial charge in [0.1, 0.15) is 24.4 Å². The molecule has 0 unspecified atom stereocenters. The summed E-state index contributed by atoms with van der Waals surface area (Å²) in [6.45, 7) is 18.0. The number of rotatable bonds is 10. The summed E-state index contributed by atoms with van der Waals surface area (Å²) in [5, 5.41) is 49.3. The molecule has 7 heteroatoms. The third-order valence-electron chi connectivity index (χ3n) is 13.4. The van der Waals surface area contributed by atoms with Gasteiger partial charge in [-0.1, -0.05) is 64.3 Å². The number of hydrogen-bond donors (Lipinski definition) is 5. The summed E-state index contributed by atoms with van der Waals surface area (Å²) in [5.41, 5.74) is 5.00. The van der Waals surface area contributed by atoms with Gasteiger partial charge >= 0.3 is 5.97 Å². The van der Waals surface area contributed by atoms with Crippen molar-refractivity contribution in [1.82, 2.24) is 0 Å². The van der Waals surface area contributed by atoms with Crippen molar-refractivity contribution in [3.63, 3.8) is 0 Å². The molecule has 0 amide bonds. The molecule has 0 aromatic rings. The van der Waals surface area contributed by atoms with E-state index in [0.717, 1.165) is 31.6 Å². The van der Waals surface area contributed by atoms with Crippen molar-refractivity contribution in [2.45, 2.75) is 150 Å². The van der Waals surface area contributed by atoms with E-state index in [1.807, 2.05) is 0 Å². The lowest BCUT2D eigenvalue weighted by Gasteiger charge is -2.62.